The molecule has 0 aliphatic carbocycles. The van der Waals surface area contributed by atoms with Crippen LogP contribution < -0.4 is 10.1 Å². The van der Waals surface area contributed by atoms with Gasteiger partial charge in [0, 0.05) is 33.6 Å². The molecule has 0 bridgehead atoms. The van der Waals surface area contributed by atoms with Gasteiger partial charge in [-0.25, -0.2) is 0 Å². The molecule has 1 aromatic heterocycles. The molecule has 138 valence electrons. The molecule has 0 fully saturated rings. The summed E-state index contributed by atoms with van der Waals surface area (Å²) in [6, 6.07) is 17.0. The van der Waals surface area contributed by atoms with Crippen molar-refractivity contribution in [3.63, 3.8) is 0 Å². The topological polar surface area (TPSA) is 53.8 Å². The van der Waals surface area contributed by atoms with E-state index in [4.69, 9.17) is 21.3 Å². The monoisotopic (exact) mass is 398 g/mol. The van der Waals surface area contributed by atoms with E-state index < -0.39 is 0 Å². The summed E-state index contributed by atoms with van der Waals surface area (Å²) in [5.74, 6) is 1.05. The second-order valence-electron chi connectivity index (χ2n) is 6.35. The van der Waals surface area contributed by atoms with Crippen molar-refractivity contribution in [2.45, 2.75) is 18.6 Å². The molecule has 0 saturated carbocycles. The number of benzene rings is 2. The minimum Gasteiger partial charge on any atom is -0.508 e. The molecule has 0 saturated heterocycles. The number of hydrogen-bond donors (Lipinski definition) is 2. The first-order valence-electron chi connectivity index (χ1n) is 8.63. The lowest BCUT2D eigenvalue weighted by atomic mass is 9.94. The molecule has 27 heavy (non-hydrogen) atoms. The molecule has 3 aromatic rings. The lowest BCUT2D eigenvalue weighted by molar-refractivity contribution is 0.414. The van der Waals surface area contributed by atoms with Crippen molar-refractivity contribution in [3.05, 3.63) is 81.0 Å². The Morgan fingerprint density at radius 1 is 1.19 bits per heavy atom. The third kappa shape index (κ3) is 3.86. The second kappa shape index (κ2) is 7.72. The molecule has 2 atom stereocenters. The van der Waals surface area contributed by atoms with Gasteiger partial charge in [0.25, 0.3) is 0 Å². The van der Waals surface area contributed by atoms with Gasteiger partial charge in [0.05, 0.1) is 7.11 Å². The quantitative estimate of drug-likeness (QED) is 0.623. The molecule has 4 rings (SSSR count). The standard InChI is InChI=1S/C21H19ClN2O2S/c1-26-15-7-4-13(5-8-15)17-12-18(16-11-14(22)6-9-19(16)25)24-21(23-17)20-3-2-10-27-20/h2-11,18,21,24-25H,12H2,1H3/t18-,21+/m1/s1. The fraction of sp³-hybridized carbons (Fsp3) is 0.190. The number of halogens is 1. The lowest BCUT2D eigenvalue weighted by Gasteiger charge is -2.30. The van der Waals surface area contributed by atoms with E-state index in [1.54, 1.807) is 30.6 Å². The Hall–Kier alpha value is -2.34. The molecular formula is C21H19ClN2O2S. The summed E-state index contributed by atoms with van der Waals surface area (Å²) in [5.41, 5.74) is 2.81. The smallest absolute Gasteiger partial charge is 0.135 e. The Kier molecular flexibility index (Phi) is 5.16. The zero-order chi connectivity index (χ0) is 18.8. The maximum Gasteiger partial charge on any atom is 0.135 e. The SMILES string of the molecule is COc1ccc(C2=N[C@H](c3cccs3)N[C@@H](c3cc(Cl)ccc3O)C2)cc1. The van der Waals surface area contributed by atoms with Crippen LogP contribution in [-0.2, 0) is 0 Å². The number of thiophene rings is 1. The molecule has 0 radical (unpaired) electrons. The molecule has 0 spiro atoms. The van der Waals surface area contributed by atoms with E-state index in [2.05, 4.69) is 11.4 Å². The Balaban J connectivity index is 1.73. The predicted molar refractivity (Wildman–Crippen MR) is 110 cm³/mol. The van der Waals surface area contributed by atoms with Crippen LogP contribution in [0.25, 0.3) is 0 Å². The maximum absolute atomic E-state index is 10.4. The van der Waals surface area contributed by atoms with Crippen LogP contribution >= 0.6 is 22.9 Å². The summed E-state index contributed by atoms with van der Waals surface area (Å²) >= 11 is 7.84. The summed E-state index contributed by atoms with van der Waals surface area (Å²) in [6.07, 6.45) is 0.487. The van der Waals surface area contributed by atoms with E-state index in [0.717, 1.165) is 27.5 Å². The molecule has 1 aliphatic rings. The molecule has 4 nitrogen and oxygen atoms in total. The Bertz CT molecular complexity index is 955. The third-order valence-corrected chi connectivity index (χ3v) is 5.80. The van der Waals surface area contributed by atoms with Gasteiger partial charge in [-0.1, -0.05) is 17.7 Å². The highest BCUT2D eigenvalue weighted by molar-refractivity contribution is 7.10. The number of nitrogens with zero attached hydrogens (tertiary/aromatic N) is 1. The van der Waals surface area contributed by atoms with Crippen LogP contribution in [0.1, 0.15) is 34.6 Å². The predicted octanol–water partition coefficient (Wildman–Crippen LogP) is 5.34. The summed E-state index contributed by atoms with van der Waals surface area (Å²) in [6.45, 7) is 0. The zero-order valence-corrected chi connectivity index (χ0v) is 16.3. The van der Waals surface area contributed by atoms with Crippen molar-refractivity contribution < 1.29 is 9.84 Å². The van der Waals surface area contributed by atoms with Gasteiger partial charge in [-0.2, -0.15) is 0 Å². The average Bonchev–Trinajstić information content (AvgIpc) is 3.24. The van der Waals surface area contributed by atoms with E-state index in [0.29, 0.717) is 11.4 Å². The summed E-state index contributed by atoms with van der Waals surface area (Å²) < 4.78 is 5.26. The Morgan fingerprint density at radius 3 is 2.70 bits per heavy atom. The van der Waals surface area contributed by atoms with Crippen LogP contribution in [0.4, 0.5) is 0 Å². The van der Waals surface area contributed by atoms with Crippen molar-refractivity contribution in [3.8, 4) is 11.5 Å². The van der Waals surface area contributed by atoms with Gasteiger partial charge >= 0.3 is 0 Å². The van der Waals surface area contributed by atoms with Crippen LogP contribution in [0, 0.1) is 0 Å². The fourth-order valence-corrected chi connectivity index (χ4v) is 4.16. The average molecular weight is 399 g/mol. The van der Waals surface area contributed by atoms with E-state index in [-0.39, 0.29) is 18.0 Å². The minimum atomic E-state index is -0.167. The van der Waals surface area contributed by atoms with Gasteiger partial charge in [-0.3, -0.25) is 10.3 Å². The second-order valence-corrected chi connectivity index (χ2v) is 7.76. The van der Waals surface area contributed by atoms with Gasteiger partial charge in [0.2, 0.25) is 0 Å². The van der Waals surface area contributed by atoms with Gasteiger partial charge in [-0.15, -0.1) is 11.3 Å². The number of phenols is 1. The molecular weight excluding hydrogens is 380 g/mol. The van der Waals surface area contributed by atoms with Crippen LogP contribution in [0.2, 0.25) is 5.02 Å². The first-order chi connectivity index (χ1) is 13.1. The normalized spacial score (nSPS) is 19.6. The zero-order valence-electron chi connectivity index (χ0n) is 14.7. The number of phenolic OH excluding ortho intramolecular Hbond substituents is 1. The van der Waals surface area contributed by atoms with E-state index in [9.17, 15) is 5.11 Å². The highest BCUT2D eigenvalue weighted by Crippen LogP contribution is 2.36. The molecule has 1 aliphatic heterocycles. The molecule has 2 aromatic carbocycles. The molecule has 0 unspecified atom stereocenters. The van der Waals surface area contributed by atoms with Gasteiger partial charge in [0.1, 0.15) is 17.7 Å². The summed E-state index contributed by atoms with van der Waals surface area (Å²) in [5, 5.41) is 16.6. The molecule has 2 heterocycles. The first-order valence-corrected chi connectivity index (χ1v) is 9.89. The van der Waals surface area contributed by atoms with Crippen molar-refractivity contribution in [2.75, 3.05) is 7.11 Å². The Labute approximate surface area is 167 Å². The first kappa shape index (κ1) is 18.0. The molecule has 2 N–H and O–H groups in total. The largest absolute Gasteiger partial charge is 0.508 e. The summed E-state index contributed by atoms with van der Waals surface area (Å²) in [4.78, 5) is 6.07. The number of hydrogen-bond acceptors (Lipinski definition) is 5. The molecule has 0 amide bonds. The van der Waals surface area contributed by atoms with Gasteiger partial charge in [0.15, 0.2) is 0 Å². The van der Waals surface area contributed by atoms with Crippen LogP contribution in [0.15, 0.2) is 65.0 Å². The highest BCUT2D eigenvalue weighted by atomic mass is 35.5. The van der Waals surface area contributed by atoms with Crippen molar-refractivity contribution in [2.24, 2.45) is 4.99 Å². The number of methoxy groups -OCH3 is 1. The van der Waals surface area contributed by atoms with E-state index >= 15 is 0 Å². The van der Waals surface area contributed by atoms with Crippen LogP contribution in [0.5, 0.6) is 11.5 Å². The van der Waals surface area contributed by atoms with Gasteiger partial charge < -0.3 is 9.84 Å². The van der Waals surface area contributed by atoms with Gasteiger partial charge in [-0.05, 0) is 59.5 Å². The van der Waals surface area contributed by atoms with Crippen molar-refractivity contribution in [1.82, 2.24) is 5.32 Å². The lowest BCUT2D eigenvalue weighted by Crippen LogP contribution is -2.32. The number of nitrogens with one attached hydrogen (secondary N) is 1. The number of rotatable bonds is 4. The number of aliphatic imine (C=N–C) groups is 1. The maximum atomic E-state index is 10.4. The number of ether oxygens (including phenoxy) is 1. The molecule has 6 heteroatoms. The van der Waals surface area contributed by atoms with E-state index in [1.807, 2.05) is 41.8 Å². The van der Waals surface area contributed by atoms with Crippen molar-refractivity contribution in [1.29, 1.82) is 0 Å². The highest BCUT2D eigenvalue weighted by Gasteiger charge is 2.28. The summed E-state index contributed by atoms with van der Waals surface area (Å²) in [7, 11) is 1.65. The Morgan fingerprint density at radius 2 is 2.00 bits per heavy atom. The van der Waals surface area contributed by atoms with Crippen LogP contribution in [-0.4, -0.2) is 17.9 Å². The third-order valence-electron chi connectivity index (χ3n) is 4.64. The van der Waals surface area contributed by atoms with Crippen LogP contribution in [0.3, 0.4) is 0 Å². The minimum absolute atomic E-state index is 0.0922. The number of aromatic hydroxyl groups is 1. The fourth-order valence-electron chi connectivity index (χ4n) is 3.26. The van der Waals surface area contributed by atoms with E-state index in [1.165, 1.54) is 0 Å². The van der Waals surface area contributed by atoms with Crippen molar-refractivity contribution >= 4 is 28.6 Å².